The van der Waals surface area contributed by atoms with E-state index in [0.717, 1.165) is 0 Å². The number of fused-ring (bicyclic) bond motifs is 1. The summed E-state index contributed by atoms with van der Waals surface area (Å²) in [6.45, 7) is 0. The van der Waals surface area contributed by atoms with Crippen LogP contribution in [0.2, 0.25) is 0 Å². The lowest BCUT2D eigenvalue weighted by atomic mass is 10.1. The average Bonchev–Trinajstić information content (AvgIpc) is 2.41. The molecule has 0 aliphatic heterocycles. The van der Waals surface area contributed by atoms with Crippen LogP contribution in [0.5, 0.6) is 5.75 Å². The van der Waals surface area contributed by atoms with Crippen LogP contribution < -0.4 is 5.73 Å². The molecule has 0 bridgehead atoms. The molecule has 0 saturated carbocycles. The molecule has 0 saturated heterocycles. The van der Waals surface area contributed by atoms with Crippen LogP contribution >= 0.6 is 0 Å². The van der Waals surface area contributed by atoms with Crippen LogP contribution in [0.15, 0.2) is 12.1 Å². The number of Topliss-reactive ketones (excluding diaryl/α,β-unsaturated/α-hetero) is 1. The van der Waals surface area contributed by atoms with E-state index in [1.807, 2.05) is 0 Å². The number of hydrogen-bond acceptors (Lipinski definition) is 3. The Morgan fingerprint density at radius 1 is 1.33 bits per heavy atom. The van der Waals surface area contributed by atoms with Crippen LogP contribution in [-0.4, -0.2) is 10.9 Å². The molecule has 0 amide bonds. The Morgan fingerprint density at radius 2 is 2.08 bits per heavy atom. The third-order valence-electron chi connectivity index (χ3n) is 2.22. The molecule has 3 N–H and O–H groups in total. The highest BCUT2D eigenvalue weighted by atomic mass is 16.3. The summed E-state index contributed by atoms with van der Waals surface area (Å²) in [5, 5.41) is 9.46. The van der Waals surface area contributed by atoms with Gasteiger partial charge in [-0.25, -0.2) is 0 Å². The summed E-state index contributed by atoms with van der Waals surface area (Å²) >= 11 is 0. The fourth-order valence-electron chi connectivity index (χ4n) is 1.54. The third-order valence-corrected chi connectivity index (χ3v) is 2.22. The van der Waals surface area contributed by atoms with E-state index >= 15 is 0 Å². The van der Waals surface area contributed by atoms with E-state index in [2.05, 4.69) is 0 Å². The predicted molar refractivity (Wildman–Crippen MR) is 45.2 cm³/mol. The van der Waals surface area contributed by atoms with Crippen molar-refractivity contribution in [2.45, 2.75) is 12.8 Å². The molecule has 0 spiro atoms. The molecular formula is C9H9NO2. The normalized spacial score (nSPS) is 14.8. The lowest BCUT2D eigenvalue weighted by molar-refractivity contribution is 0.0994. The average molecular weight is 163 g/mol. The number of phenols is 1. The SMILES string of the molecule is Nc1ccc2c(c1O)CCC2=O. The zero-order chi connectivity index (χ0) is 8.72. The van der Waals surface area contributed by atoms with E-state index in [1.165, 1.54) is 0 Å². The van der Waals surface area contributed by atoms with Crippen molar-refractivity contribution < 1.29 is 9.90 Å². The quantitative estimate of drug-likeness (QED) is 0.444. The first kappa shape index (κ1) is 7.16. The number of carbonyl (C=O) groups excluding carboxylic acids is 1. The second kappa shape index (κ2) is 2.24. The highest BCUT2D eigenvalue weighted by Crippen LogP contribution is 2.33. The Kier molecular flexibility index (Phi) is 1.33. The summed E-state index contributed by atoms with van der Waals surface area (Å²) in [6.07, 6.45) is 1.11. The number of carbonyl (C=O) groups is 1. The third kappa shape index (κ3) is 0.794. The van der Waals surface area contributed by atoms with E-state index in [9.17, 15) is 9.90 Å². The topological polar surface area (TPSA) is 63.3 Å². The molecule has 0 radical (unpaired) electrons. The number of ketones is 1. The second-order valence-electron chi connectivity index (χ2n) is 2.95. The molecule has 2 rings (SSSR count). The molecule has 1 aromatic carbocycles. The second-order valence-corrected chi connectivity index (χ2v) is 2.95. The molecule has 12 heavy (non-hydrogen) atoms. The van der Waals surface area contributed by atoms with E-state index in [1.54, 1.807) is 12.1 Å². The largest absolute Gasteiger partial charge is 0.505 e. The van der Waals surface area contributed by atoms with Gasteiger partial charge in [0.05, 0.1) is 5.69 Å². The molecular weight excluding hydrogens is 154 g/mol. The van der Waals surface area contributed by atoms with Crippen molar-refractivity contribution in [1.29, 1.82) is 0 Å². The smallest absolute Gasteiger partial charge is 0.163 e. The first-order valence-electron chi connectivity index (χ1n) is 3.83. The number of rotatable bonds is 0. The van der Waals surface area contributed by atoms with Gasteiger partial charge in [-0.1, -0.05) is 0 Å². The zero-order valence-corrected chi connectivity index (χ0v) is 6.50. The Bertz CT molecular complexity index is 358. The first-order chi connectivity index (χ1) is 5.70. The number of hydrogen-bond donors (Lipinski definition) is 2. The summed E-state index contributed by atoms with van der Waals surface area (Å²) in [4.78, 5) is 11.2. The molecule has 1 aliphatic carbocycles. The Labute approximate surface area is 69.8 Å². The molecule has 0 fully saturated rings. The Morgan fingerprint density at radius 3 is 2.83 bits per heavy atom. The maximum absolute atomic E-state index is 11.2. The summed E-state index contributed by atoms with van der Waals surface area (Å²) in [5.41, 5.74) is 7.16. The van der Waals surface area contributed by atoms with E-state index in [4.69, 9.17) is 5.73 Å². The van der Waals surface area contributed by atoms with E-state index in [0.29, 0.717) is 29.7 Å². The fraction of sp³-hybridized carbons (Fsp3) is 0.222. The molecule has 3 heteroatoms. The van der Waals surface area contributed by atoms with Crippen LogP contribution in [0, 0.1) is 0 Å². The summed E-state index contributed by atoms with van der Waals surface area (Å²) < 4.78 is 0. The van der Waals surface area contributed by atoms with Crippen molar-refractivity contribution >= 4 is 11.5 Å². The van der Waals surface area contributed by atoms with Gasteiger partial charge in [-0.3, -0.25) is 4.79 Å². The number of phenolic OH excluding ortho intramolecular Hbond substituents is 1. The van der Waals surface area contributed by atoms with E-state index in [-0.39, 0.29) is 11.5 Å². The Balaban J connectivity index is 2.68. The molecule has 1 aromatic rings. The van der Waals surface area contributed by atoms with Gasteiger partial charge in [0.1, 0.15) is 5.75 Å². The molecule has 0 aromatic heterocycles. The molecule has 0 atom stereocenters. The standard InChI is InChI=1S/C9H9NO2/c10-7-3-1-5-6(9(7)12)2-4-8(5)11/h1,3,12H,2,4,10H2. The van der Waals surface area contributed by atoms with Crippen LogP contribution in [0.4, 0.5) is 5.69 Å². The van der Waals surface area contributed by atoms with Crippen molar-refractivity contribution in [1.82, 2.24) is 0 Å². The van der Waals surface area contributed by atoms with Gasteiger partial charge in [-0.15, -0.1) is 0 Å². The van der Waals surface area contributed by atoms with Gasteiger partial charge in [0, 0.05) is 17.5 Å². The van der Waals surface area contributed by atoms with Crippen LogP contribution in [0.3, 0.4) is 0 Å². The highest BCUT2D eigenvalue weighted by molar-refractivity contribution is 6.01. The summed E-state index contributed by atoms with van der Waals surface area (Å²) in [7, 11) is 0. The van der Waals surface area contributed by atoms with Crippen LogP contribution in [0.1, 0.15) is 22.3 Å². The zero-order valence-electron chi connectivity index (χ0n) is 6.50. The molecule has 3 nitrogen and oxygen atoms in total. The molecule has 0 heterocycles. The number of aromatic hydroxyl groups is 1. The minimum atomic E-state index is 0.0818. The van der Waals surface area contributed by atoms with E-state index < -0.39 is 0 Å². The number of benzene rings is 1. The molecule has 62 valence electrons. The monoisotopic (exact) mass is 163 g/mol. The van der Waals surface area contributed by atoms with Crippen molar-refractivity contribution in [3.63, 3.8) is 0 Å². The van der Waals surface area contributed by atoms with Gasteiger partial charge < -0.3 is 10.8 Å². The van der Waals surface area contributed by atoms with Crippen molar-refractivity contribution in [3.05, 3.63) is 23.3 Å². The van der Waals surface area contributed by atoms with Gasteiger partial charge in [0.25, 0.3) is 0 Å². The summed E-state index contributed by atoms with van der Waals surface area (Å²) in [5.74, 6) is 0.179. The number of anilines is 1. The van der Waals surface area contributed by atoms with Crippen molar-refractivity contribution in [3.8, 4) is 5.75 Å². The minimum Gasteiger partial charge on any atom is -0.505 e. The van der Waals surface area contributed by atoms with Crippen molar-refractivity contribution in [2.75, 3.05) is 5.73 Å². The van der Waals surface area contributed by atoms with Crippen LogP contribution in [-0.2, 0) is 6.42 Å². The number of nitrogen functional groups attached to an aromatic ring is 1. The van der Waals surface area contributed by atoms with Crippen LogP contribution in [0.25, 0.3) is 0 Å². The molecule has 0 unspecified atom stereocenters. The summed E-state index contributed by atoms with van der Waals surface area (Å²) in [6, 6.07) is 3.25. The maximum Gasteiger partial charge on any atom is 0.163 e. The predicted octanol–water partition coefficient (Wildman–Crippen LogP) is 1.10. The lowest BCUT2D eigenvalue weighted by Gasteiger charge is -2.03. The highest BCUT2D eigenvalue weighted by Gasteiger charge is 2.22. The lowest BCUT2D eigenvalue weighted by Crippen LogP contribution is -1.93. The van der Waals surface area contributed by atoms with Gasteiger partial charge in [0.2, 0.25) is 0 Å². The van der Waals surface area contributed by atoms with Crippen molar-refractivity contribution in [2.24, 2.45) is 0 Å². The minimum absolute atomic E-state index is 0.0818. The fourth-order valence-corrected chi connectivity index (χ4v) is 1.54. The Hall–Kier alpha value is -1.51. The maximum atomic E-state index is 11.2. The molecule has 1 aliphatic rings. The van der Waals surface area contributed by atoms with Gasteiger partial charge in [-0.2, -0.15) is 0 Å². The van der Waals surface area contributed by atoms with Gasteiger partial charge >= 0.3 is 0 Å². The van der Waals surface area contributed by atoms with Gasteiger partial charge in [0.15, 0.2) is 5.78 Å². The first-order valence-corrected chi connectivity index (χ1v) is 3.83. The number of nitrogens with two attached hydrogens (primary N) is 1. The van der Waals surface area contributed by atoms with Gasteiger partial charge in [-0.05, 0) is 18.6 Å².